The molecule has 0 aromatic rings. The maximum Gasteiger partial charge on any atom is 0.230 e. The summed E-state index contributed by atoms with van der Waals surface area (Å²) in [7, 11) is -6.83. The number of sulfone groups is 1. The first-order chi connectivity index (χ1) is 7.83. The summed E-state index contributed by atoms with van der Waals surface area (Å²) in [5.74, 6) is -0.142. The van der Waals surface area contributed by atoms with Gasteiger partial charge < -0.3 is 0 Å². The SMILES string of the molecule is CCC(C#N)S(=O)(=O)N1CCCS(=O)(=O)CC1. The molecule has 1 heterocycles. The lowest BCUT2D eigenvalue weighted by Crippen LogP contribution is -2.39. The Hall–Kier alpha value is -0.650. The lowest BCUT2D eigenvalue weighted by molar-refractivity contribution is 0.429. The Morgan fingerprint density at radius 1 is 1.35 bits per heavy atom. The van der Waals surface area contributed by atoms with Crippen LogP contribution in [-0.4, -0.2) is 51.0 Å². The summed E-state index contributed by atoms with van der Waals surface area (Å²) >= 11 is 0. The molecule has 8 heteroatoms. The van der Waals surface area contributed by atoms with Crippen LogP contribution in [0, 0.1) is 11.3 Å². The van der Waals surface area contributed by atoms with Crippen molar-refractivity contribution >= 4 is 19.9 Å². The Kier molecular flexibility index (Phi) is 4.52. The van der Waals surface area contributed by atoms with E-state index in [1.165, 1.54) is 0 Å². The smallest absolute Gasteiger partial charge is 0.229 e. The third kappa shape index (κ3) is 3.40. The summed E-state index contributed by atoms with van der Waals surface area (Å²) in [6.45, 7) is 1.77. The summed E-state index contributed by atoms with van der Waals surface area (Å²) in [5, 5.41) is 7.71. The molecule has 1 rings (SSSR count). The lowest BCUT2D eigenvalue weighted by atomic mass is 10.4. The third-order valence-electron chi connectivity index (χ3n) is 2.75. The molecule has 1 unspecified atom stereocenters. The van der Waals surface area contributed by atoms with E-state index < -0.39 is 25.1 Å². The van der Waals surface area contributed by atoms with Crippen molar-refractivity contribution in [2.75, 3.05) is 24.6 Å². The largest absolute Gasteiger partial charge is 0.230 e. The average molecular weight is 280 g/mol. The van der Waals surface area contributed by atoms with Gasteiger partial charge >= 0.3 is 0 Å². The van der Waals surface area contributed by atoms with Crippen molar-refractivity contribution in [3.63, 3.8) is 0 Å². The number of sulfonamides is 1. The highest BCUT2D eigenvalue weighted by Crippen LogP contribution is 2.15. The van der Waals surface area contributed by atoms with E-state index in [1.807, 2.05) is 0 Å². The standard InChI is InChI=1S/C9H16N2O4S2/c1-2-9(8-10)17(14,15)11-4-3-6-16(12,13)7-5-11/h9H,2-7H2,1H3. The van der Waals surface area contributed by atoms with Crippen LogP contribution in [0.2, 0.25) is 0 Å². The fourth-order valence-corrected chi connectivity index (χ4v) is 4.75. The van der Waals surface area contributed by atoms with Crippen molar-refractivity contribution in [2.45, 2.75) is 25.0 Å². The van der Waals surface area contributed by atoms with Crippen molar-refractivity contribution in [1.82, 2.24) is 4.31 Å². The molecule has 1 saturated heterocycles. The molecule has 0 bridgehead atoms. The molecule has 1 aliphatic rings. The monoisotopic (exact) mass is 280 g/mol. The molecule has 0 aromatic carbocycles. The van der Waals surface area contributed by atoms with Crippen LogP contribution < -0.4 is 0 Å². The van der Waals surface area contributed by atoms with Crippen LogP contribution in [0.3, 0.4) is 0 Å². The molecular weight excluding hydrogens is 264 g/mol. The van der Waals surface area contributed by atoms with E-state index in [-0.39, 0.29) is 31.0 Å². The minimum Gasteiger partial charge on any atom is -0.229 e. The van der Waals surface area contributed by atoms with Crippen molar-refractivity contribution in [2.24, 2.45) is 0 Å². The van der Waals surface area contributed by atoms with Crippen molar-refractivity contribution in [1.29, 1.82) is 5.26 Å². The van der Waals surface area contributed by atoms with Gasteiger partial charge in [0.05, 0.1) is 17.6 Å². The number of rotatable bonds is 3. The van der Waals surface area contributed by atoms with Gasteiger partial charge in [0.1, 0.15) is 0 Å². The van der Waals surface area contributed by atoms with Gasteiger partial charge in [0, 0.05) is 13.1 Å². The normalized spacial score (nSPS) is 23.5. The molecule has 98 valence electrons. The summed E-state index contributed by atoms with van der Waals surface area (Å²) in [4.78, 5) is 0. The number of hydrogen-bond acceptors (Lipinski definition) is 5. The van der Waals surface area contributed by atoms with Crippen LogP contribution in [0.1, 0.15) is 19.8 Å². The molecule has 0 spiro atoms. The second-order valence-electron chi connectivity index (χ2n) is 3.98. The van der Waals surface area contributed by atoms with E-state index in [1.54, 1.807) is 13.0 Å². The topological polar surface area (TPSA) is 95.3 Å². The number of nitriles is 1. The summed E-state index contributed by atoms with van der Waals surface area (Å²) in [6.07, 6.45) is 0.505. The summed E-state index contributed by atoms with van der Waals surface area (Å²) < 4.78 is 47.9. The predicted octanol–water partition coefficient (Wildman–Crippen LogP) is -0.261. The molecule has 0 radical (unpaired) electrons. The first-order valence-electron chi connectivity index (χ1n) is 5.42. The van der Waals surface area contributed by atoms with Crippen LogP contribution in [0.5, 0.6) is 0 Å². The van der Waals surface area contributed by atoms with Crippen LogP contribution in [0.25, 0.3) is 0 Å². The molecule has 0 amide bonds. The first-order valence-corrected chi connectivity index (χ1v) is 8.75. The van der Waals surface area contributed by atoms with Gasteiger partial charge in [-0.05, 0) is 12.8 Å². The number of hydrogen-bond donors (Lipinski definition) is 0. The highest BCUT2D eigenvalue weighted by atomic mass is 32.2. The molecule has 6 nitrogen and oxygen atoms in total. The average Bonchev–Trinajstić information content (AvgIpc) is 2.41. The van der Waals surface area contributed by atoms with E-state index in [4.69, 9.17) is 5.26 Å². The lowest BCUT2D eigenvalue weighted by Gasteiger charge is -2.21. The Bertz CT molecular complexity index is 504. The Morgan fingerprint density at radius 3 is 2.53 bits per heavy atom. The third-order valence-corrected chi connectivity index (χ3v) is 6.71. The zero-order chi connectivity index (χ0) is 13.1. The van der Waals surface area contributed by atoms with Gasteiger partial charge in [0.25, 0.3) is 0 Å². The van der Waals surface area contributed by atoms with Crippen molar-refractivity contribution in [3.05, 3.63) is 0 Å². The highest BCUT2D eigenvalue weighted by Gasteiger charge is 2.33. The van der Waals surface area contributed by atoms with Crippen LogP contribution in [-0.2, 0) is 19.9 Å². The van der Waals surface area contributed by atoms with E-state index in [9.17, 15) is 16.8 Å². The Balaban J connectivity index is 2.91. The van der Waals surface area contributed by atoms with Crippen LogP contribution in [0.15, 0.2) is 0 Å². The fourth-order valence-electron chi connectivity index (χ4n) is 1.72. The molecule has 0 saturated carbocycles. The maximum absolute atomic E-state index is 12.0. The summed E-state index contributed by atoms with van der Waals surface area (Å²) in [5.41, 5.74) is 0. The molecule has 1 atom stereocenters. The molecule has 0 aliphatic carbocycles. The second-order valence-corrected chi connectivity index (χ2v) is 8.39. The minimum absolute atomic E-state index is 0.0162. The zero-order valence-corrected chi connectivity index (χ0v) is 11.3. The van der Waals surface area contributed by atoms with Crippen molar-refractivity contribution in [3.8, 4) is 6.07 Å². The molecule has 1 fully saturated rings. The molecule has 0 aromatic heterocycles. The molecule has 0 N–H and O–H groups in total. The van der Waals surface area contributed by atoms with Gasteiger partial charge in [-0.1, -0.05) is 6.92 Å². The van der Waals surface area contributed by atoms with E-state index in [2.05, 4.69) is 0 Å². The van der Waals surface area contributed by atoms with Crippen LogP contribution >= 0.6 is 0 Å². The van der Waals surface area contributed by atoms with Gasteiger partial charge in [-0.2, -0.15) is 9.57 Å². The van der Waals surface area contributed by atoms with Gasteiger partial charge in [-0.15, -0.1) is 0 Å². The van der Waals surface area contributed by atoms with Gasteiger partial charge in [-0.3, -0.25) is 0 Å². The van der Waals surface area contributed by atoms with Gasteiger partial charge in [-0.25, -0.2) is 16.8 Å². The molecule has 17 heavy (non-hydrogen) atoms. The Morgan fingerprint density at radius 2 is 2.00 bits per heavy atom. The minimum atomic E-state index is -3.69. The predicted molar refractivity (Wildman–Crippen MR) is 63.5 cm³/mol. The number of nitrogens with zero attached hydrogens (tertiary/aromatic N) is 2. The first kappa shape index (κ1) is 14.4. The van der Waals surface area contributed by atoms with E-state index in [0.717, 1.165) is 4.31 Å². The Labute approximate surface area is 102 Å². The fraction of sp³-hybridized carbons (Fsp3) is 0.889. The maximum atomic E-state index is 12.0. The van der Waals surface area contributed by atoms with E-state index >= 15 is 0 Å². The van der Waals surface area contributed by atoms with Gasteiger partial charge in [0.2, 0.25) is 10.0 Å². The van der Waals surface area contributed by atoms with Gasteiger partial charge in [0.15, 0.2) is 15.1 Å². The van der Waals surface area contributed by atoms with Crippen molar-refractivity contribution < 1.29 is 16.8 Å². The van der Waals surface area contributed by atoms with Crippen LogP contribution in [0.4, 0.5) is 0 Å². The molecule has 1 aliphatic heterocycles. The quantitative estimate of drug-likeness (QED) is 0.709. The zero-order valence-electron chi connectivity index (χ0n) is 9.66. The van der Waals surface area contributed by atoms with E-state index in [0.29, 0.717) is 6.42 Å². The molecular formula is C9H16N2O4S2. The second kappa shape index (κ2) is 5.33. The summed E-state index contributed by atoms with van der Waals surface area (Å²) in [6, 6.07) is 1.75. The highest BCUT2D eigenvalue weighted by molar-refractivity contribution is 7.91.